The van der Waals surface area contributed by atoms with Gasteiger partial charge in [0.25, 0.3) is 0 Å². The summed E-state index contributed by atoms with van der Waals surface area (Å²) >= 11 is 1.50. The Kier molecular flexibility index (Phi) is 6.38. The summed E-state index contributed by atoms with van der Waals surface area (Å²) in [5.74, 6) is 1.63. The number of benzene rings is 2. The minimum Gasteiger partial charge on any atom is -0.484 e. The van der Waals surface area contributed by atoms with E-state index in [1.165, 1.54) is 16.2 Å². The topological polar surface area (TPSA) is 120 Å². The second-order valence-corrected chi connectivity index (χ2v) is 10.8. The number of hydrogen-bond donors (Lipinski definition) is 1. The Morgan fingerprint density at radius 3 is 2.65 bits per heavy atom. The molecule has 4 heterocycles. The number of pyridine rings is 1. The van der Waals surface area contributed by atoms with E-state index in [-0.39, 0.29) is 13.2 Å². The van der Waals surface area contributed by atoms with Crippen molar-refractivity contribution in [3.8, 4) is 28.0 Å². The van der Waals surface area contributed by atoms with Gasteiger partial charge >= 0.3 is 6.09 Å². The third-order valence-corrected chi connectivity index (χ3v) is 8.04. The molecule has 0 saturated heterocycles. The van der Waals surface area contributed by atoms with Crippen LogP contribution >= 0.6 is 11.3 Å². The minimum atomic E-state index is -1.08. The molecule has 40 heavy (non-hydrogen) atoms. The summed E-state index contributed by atoms with van der Waals surface area (Å²) in [5.41, 5.74) is 7.41. The fourth-order valence-electron chi connectivity index (χ4n) is 4.79. The fourth-order valence-corrected chi connectivity index (χ4v) is 5.94. The molecule has 10 nitrogen and oxygen atoms in total. The van der Waals surface area contributed by atoms with Crippen LogP contribution in [0.5, 0.6) is 17.4 Å². The second kappa shape index (κ2) is 9.91. The Labute approximate surface area is 234 Å². The lowest BCUT2D eigenvalue weighted by molar-refractivity contribution is 0.0961. The van der Waals surface area contributed by atoms with Crippen LogP contribution in [-0.4, -0.2) is 57.5 Å². The molecular formula is C29H27N5O5S. The van der Waals surface area contributed by atoms with Gasteiger partial charge in [0, 0.05) is 11.3 Å². The molecular weight excluding hydrogens is 530 g/mol. The Bertz CT molecular complexity index is 1800. The number of amides is 1. The molecule has 1 atom stereocenters. The number of aromatic nitrogens is 4. The smallest absolute Gasteiger partial charge is 0.411 e. The number of carbonyl (C=O) groups is 1. The highest BCUT2D eigenvalue weighted by Crippen LogP contribution is 2.46. The Morgan fingerprint density at radius 2 is 1.90 bits per heavy atom. The number of hydrogen-bond acceptors (Lipinski definition) is 9. The molecule has 5 aromatic rings. The van der Waals surface area contributed by atoms with Crippen LogP contribution in [0.3, 0.4) is 0 Å². The molecule has 0 spiro atoms. The van der Waals surface area contributed by atoms with Gasteiger partial charge in [-0.25, -0.2) is 19.7 Å². The average Bonchev–Trinajstić information content (AvgIpc) is 3.38. The van der Waals surface area contributed by atoms with Crippen LogP contribution in [0, 0.1) is 27.7 Å². The van der Waals surface area contributed by atoms with Crippen LogP contribution < -0.4 is 19.1 Å². The van der Waals surface area contributed by atoms with Crippen molar-refractivity contribution in [1.29, 1.82) is 0 Å². The number of thiazole rings is 1. The summed E-state index contributed by atoms with van der Waals surface area (Å²) in [4.78, 5) is 31.8. The first kappa shape index (κ1) is 25.8. The molecule has 1 aliphatic rings. The monoisotopic (exact) mass is 557 g/mol. The summed E-state index contributed by atoms with van der Waals surface area (Å²) in [5, 5.41) is 10.7. The lowest BCUT2D eigenvalue weighted by Crippen LogP contribution is -2.43. The predicted molar refractivity (Wildman–Crippen MR) is 153 cm³/mol. The fraction of sp³-hybridized carbons (Fsp3) is 0.276. The number of fused-ring (bicyclic) bond motifs is 4. The van der Waals surface area contributed by atoms with E-state index in [1.54, 1.807) is 19.5 Å². The van der Waals surface area contributed by atoms with E-state index < -0.39 is 12.2 Å². The molecule has 204 valence electrons. The van der Waals surface area contributed by atoms with Crippen molar-refractivity contribution < 1.29 is 24.1 Å². The van der Waals surface area contributed by atoms with Gasteiger partial charge in [-0.1, -0.05) is 0 Å². The van der Waals surface area contributed by atoms with E-state index in [9.17, 15) is 9.90 Å². The van der Waals surface area contributed by atoms with Gasteiger partial charge in [0.1, 0.15) is 16.3 Å². The normalized spacial score (nSPS) is 14.5. The van der Waals surface area contributed by atoms with Crippen LogP contribution in [0.4, 0.5) is 10.5 Å². The van der Waals surface area contributed by atoms with E-state index >= 15 is 0 Å². The van der Waals surface area contributed by atoms with Gasteiger partial charge < -0.3 is 19.3 Å². The molecule has 0 fully saturated rings. The maximum Gasteiger partial charge on any atom is 0.411 e. The zero-order valence-corrected chi connectivity index (χ0v) is 23.5. The van der Waals surface area contributed by atoms with Gasteiger partial charge in [0.15, 0.2) is 17.6 Å². The molecule has 11 heteroatoms. The van der Waals surface area contributed by atoms with Crippen molar-refractivity contribution >= 4 is 44.4 Å². The molecule has 2 aromatic carbocycles. The number of anilines is 1. The number of aryl methyl sites for hydroxylation is 4. The standard InChI is InChI=1S/C29H27N5O5S/c1-14-6-20(25-21(7-14)32-23(37-5)11-31-25)28-33-24-16(3)9-22-26(27(24)40-28)38-13-19(39-22)12-34(29(35)36)18-8-15(2)17(4)30-10-18/h6-11,19H,12-13H2,1-5H3,(H,35,36). The minimum absolute atomic E-state index is 0.0986. The maximum absolute atomic E-state index is 12.1. The summed E-state index contributed by atoms with van der Waals surface area (Å²) in [6, 6.07) is 7.74. The SMILES string of the molecule is COc1cnc2c(-c3nc4c(C)cc5c(c4s3)OCC(CN(C(=O)O)c3cnc(C)c(C)c3)O5)cc(C)cc2n1. The lowest BCUT2D eigenvalue weighted by atomic mass is 10.1. The van der Waals surface area contributed by atoms with Crippen LogP contribution in [-0.2, 0) is 0 Å². The van der Waals surface area contributed by atoms with Crippen molar-refractivity contribution in [3.63, 3.8) is 0 Å². The molecule has 6 rings (SSSR count). The predicted octanol–water partition coefficient (Wildman–Crippen LogP) is 5.87. The highest BCUT2D eigenvalue weighted by atomic mass is 32.1. The first-order valence-electron chi connectivity index (χ1n) is 12.7. The summed E-state index contributed by atoms with van der Waals surface area (Å²) in [7, 11) is 1.57. The number of methoxy groups -OCH3 is 1. The summed E-state index contributed by atoms with van der Waals surface area (Å²) in [6.45, 7) is 8.07. The molecule has 1 aliphatic heterocycles. The molecule has 1 unspecified atom stereocenters. The van der Waals surface area contributed by atoms with Gasteiger partial charge in [-0.05, 0) is 68.7 Å². The van der Waals surface area contributed by atoms with Gasteiger partial charge in [-0.15, -0.1) is 11.3 Å². The Balaban J connectivity index is 1.34. The van der Waals surface area contributed by atoms with Gasteiger partial charge in [-0.2, -0.15) is 0 Å². The van der Waals surface area contributed by atoms with Gasteiger partial charge in [-0.3, -0.25) is 9.88 Å². The number of ether oxygens (including phenoxy) is 3. The average molecular weight is 558 g/mol. The molecule has 0 saturated carbocycles. The third-order valence-electron chi connectivity index (χ3n) is 6.95. The van der Waals surface area contributed by atoms with Gasteiger partial charge in [0.2, 0.25) is 5.88 Å². The number of rotatable bonds is 5. The zero-order chi connectivity index (χ0) is 28.1. The largest absolute Gasteiger partial charge is 0.484 e. The quantitative estimate of drug-likeness (QED) is 0.283. The molecule has 1 amide bonds. The maximum atomic E-state index is 12.1. The second-order valence-electron chi connectivity index (χ2n) is 9.85. The molecule has 0 aliphatic carbocycles. The van der Waals surface area contributed by atoms with Crippen molar-refractivity contribution in [2.24, 2.45) is 0 Å². The van der Waals surface area contributed by atoms with Crippen molar-refractivity contribution in [2.75, 3.05) is 25.2 Å². The number of carboxylic acid groups (broad SMARTS) is 1. The van der Waals surface area contributed by atoms with Gasteiger partial charge in [0.05, 0.1) is 48.3 Å². The summed E-state index contributed by atoms with van der Waals surface area (Å²) < 4.78 is 18.6. The number of nitrogens with zero attached hydrogens (tertiary/aromatic N) is 5. The highest BCUT2D eigenvalue weighted by molar-refractivity contribution is 7.22. The Hall–Kier alpha value is -4.51. The van der Waals surface area contributed by atoms with E-state index in [1.807, 2.05) is 45.9 Å². The third kappa shape index (κ3) is 4.51. The molecule has 0 radical (unpaired) electrons. The zero-order valence-electron chi connectivity index (χ0n) is 22.7. The molecule has 1 N–H and O–H groups in total. The lowest BCUT2D eigenvalue weighted by Gasteiger charge is -2.30. The van der Waals surface area contributed by atoms with E-state index in [0.29, 0.717) is 23.1 Å². The van der Waals surface area contributed by atoms with Crippen LogP contribution in [0.15, 0.2) is 36.7 Å². The van der Waals surface area contributed by atoms with E-state index in [2.05, 4.69) is 21.0 Å². The van der Waals surface area contributed by atoms with Crippen molar-refractivity contribution in [1.82, 2.24) is 19.9 Å². The first-order chi connectivity index (χ1) is 19.2. The van der Waals surface area contributed by atoms with Crippen molar-refractivity contribution in [3.05, 3.63) is 59.0 Å². The van der Waals surface area contributed by atoms with Crippen LogP contribution in [0.2, 0.25) is 0 Å². The molecule has 3 aromatic heterocycles. The highest BCUT2D eigenvalue weighted by Gasteiger charge is 2.30. The van der Waals surface area contributed by atoms with E-state index in [4.69, 9.17) is 19.2 Å². The molecule has 0 bridgehead atoms. The van der Waals surface area contributed by atoms with Crippen LogP contribution in [0.1, 0.15) is 22.4 Å². The summed E-state index contributed by atoms with van der Waals surface area (Å²) in [6.07, 6.45) is 1.59. The first-order valence-corrected chi connectivity index (χ1v) is 13.5. The Morgan fingerprint density at radius 1 is 1.07 bits per heavy atom. The van der Waals surface area contributed by atoms with E-state index in [0.717, 1.165) is 54.2 Å². The van der Waals surface area contributed by atoms with Crippen molar-refractivity contribution in [2.45, 2.75) is 33.8 Å². The van der Waals surface area contributed by atoms with Crippen LogP contribution in [0.25, 0.3) is 31.8 Å².